The molecule has 0 fully saturated rings. The molecule has 0 unspecified atom stereocenters. The molecule has 0 aliphatic heterocycles. The Morgan fingerprint density at radius 3 is 2.85 bits per heavy atom. The molecule has 0 bridgehead atoms. The number of hydrogen-bond donors (Lipinski definition) is 0. The van der Waals surface area contributed by atoms with Crippen LogP contribution in [0.1, 0.15) is 12.6 Å². The van der Waals surface area contributed by atoms with Gasteiger partial charge in [-0.15, -0.1) is 0 Å². The summed E-state index contributed by atoms with van der Waals surface area (Å²) in [6.07, 6.45) is 1.51. The van der Waals surface area contributed by atoms with E-state index in [4.69, 9.17) is 0 Å². The van der Waals surface area contributed by atoms with Gasteiger partial charge in [-0.05, 0) is 28.4 Å². The number of rotatable bonds is 2. The van der Waals surface area contributed by atoms with Gasteiger partial charge >= 0.3 is 0 Å². The topological polar surface area (TPSA) is 56.0 Å². The molecule has 0 atom stereocenters. The molecule has 1 aromatic rings. The number of allylic oxidation sites excluding steroid dienone is 1. The molecule has 13 heavy (non-hydrogen) atoms. The van der Waals surface area contributed by atoms with Crippen molar-refractivity contribution in [2.45, 2.75) is 6.92 Å². The quantitative estimate of drug-likeness (QED) is 0.592. The van der Waals surface area contributed by atoms with E-state index in [2.05, 4.69) is 27.5 Å². The van der Waals surface area contributed by atoms with Crippen LogP contribution in [0.2, 0.25) is 0 Å². The van der Waals surface area contributed by atoms with E-state index in [1.54, 1.807) is 6.92 Å². The van der Waals surface area contributed by atoms with Crippen LogP contribution in [0.5, 0.6) is 0 Å². The predicted molar refractivity (Wildman–Crippen MR) is 53.3 cm³/mol. The number of halogens is 1. The van der Waals surface area contributed by atoms with Gasteiger partial charge in [-0.2, -0.15) is 0 Å². The van der Waals surface area contributed by atoms with Crippen molar-refractivity contribution in [1.82, 2.24) is 4.98 Å². The maximum atomic E-state index is 10.6. The Balaban J connectivity index is 3.35. The molecule has 0 saturated carbocycles. The Labute approximate surface area is 83.6 Å². The van der Waals surface area contributed by atoms with Gasteiger partial charge in [0.2, 0.25) is 0 Å². The van der Waals surface area contributed by atoms with Gasteiger partial charge in [0.25, 0.3) is 5.69 Å². The molecule has 5 heteroatoms. The zero-order chi connectivity index (χ0) is 10.0. The third-order valence-corrected chi connectivity index (χ3v) is 1.87. The summed E-state index contributed by atoms with van der Waals surface area (Å²) in [6, 6.07) is 1.41. The van der Waals surface area contributed by atoms with Crippen molar-refractivity contribution < 1.29 is 4.92 Å². The van der Waals surface area contributed by atoms with Gasteiger partial charge in [-0.3, -0.25) is 10.1 Å². The van der Waals surface area contributed by atoms with Gasteiger partial charge in [0, 0.05) is 16.7 Å². The second-order valence-corrected chi connectivity index (χ2v) is 3.47. The third kappa shape index (κ3) is 2.12. The minimum atomic E-state index is -0.470. The lowest BCUT2D eigenvalue weighted by molar-refractivity contribution is -0.385. The SMILES string of the molecule is C=C(C)c1ncc(Br)cc1[N+](=O)[O-]. The van der Waals surface area contributed by atoms with Crippen molar-refractivity contribution in [2.75, 3.05) is 0 Å². The lowest BCUT2D eigenvalue weighted by Gasteiger charge is -2.00. The summed E-state index contributed by atoms with van der Waals surface area (Å²) in [5.74, 6) is 0. The van der Waals surface area contributed by atoms with Crippen molar-refractivity contribution in [3.8, 4) is 0 Å². The Bertz CT molecular complexity index is 376. The molecular weight excluding hydrogens is 236 g/mol. The fourth-order valence-corrected chi connectivity index (χ4v) is 1.22. The third-order valence-electron chi connectivity index (χ3n) is 1.44. The summed E-state index contributed by atoms with van der Waals surface area (Å²) in [5.41, 5.74) is 0.884. The molecule has 1 heterocycles. The standard InChI is InChI=1S/C8H7BrN2O2/c1-5(2)8-7(11(12)13)3-6(9)4-10-8/h3-4H,1H2,2H3. The van der Waals surface area contributed by atoms with Gasteiger partial charge in [0.05, 0.1) is 4.92 Å². The second-order valence-electron chi connectivity index (χ2n) is 2.56. The first-order chi connectivity index (χ1) is 6.02. The average molecular weight is 243 g/mol. The lowest BCUT2D eigenvalue weighted by Crippen LogP contribution is -1.96. The summed E-state index contributed by atoms with van der Waals surface area (Å²) >= 11 is 3.12. The molecule has 0 aliphatic carbocycles. The van der Waals surface area contributed by atoms with E-state index >= 15 is 0 Å². The molecule has 1 aromatic heterocycles. The fraction of sp³-hybridized carbons (Fsp3) is 0.125. The summed E-state index contributed by atoms with van der Waals surface area (Å²) in [6.45, 7) is 5.30. The highest BCUT2D eigenvalue weighted by atomic mass is 79.9. The van der Waals surface area contributed by atoms with E-state index in [9.17, 15) is 10.1 Å². The van der Waals surface area contributed by atoms with Crippen molar-refractivity contribution in [1.29, 1.82) is 0 Å². The Hall–Kier alpha value is -1.23. The van der Waals surface area contributed by atoms with E-state index in [1.807, 2.05) is 0 Å². The molecule has 0 radical (unpaired) electrons. The predicted octanol–water partition coefficient (Wildman–Crippen LogP) is 2.79. The van der Waals surface area contributed by atoms with Gasteiger partial charge in [-0.1, -0.05) is 6.58 Å². The van der Waals surface area contributed by atoms with Crippen LogP contribution in [0.25, 0.3) is 5.57 Å². The second kappa shape index (κ2) is 3.66. The molecule has 0 aliphatic rings. The van der Waals surface area contributed by atoms with Crippen molar-refractivity contribution in [3.05, 3.63) is 39.1 Å². The van der Waals surface area contributed by atoms with Crippen LogP contribution in [0.15, 0.2) is 23.3 Å². The highest BCUT2D eigenvalue weighted by molar-refractivity contribution is 9.10. The minimum Gasteiger partial charge on any atom is -0.258 e. The Morgan fingerprint density at radius 1 is 1.77 bits per heavy atom. The van der Waals surface area contributed by atoms with Gasteiger partial charge in [0.15, 0.2) is 0 Å². The van der Waals surface area contributed by atoms with Crippen molar-refractivity contribution in [2.24, 2.45) is 0 Å². The summed E-state index contributed by atoms with van der Waals surface area (Å²) in [7, 11) is 0. The van der Waals surface area contributed by atoms with E-state index in [0.29, 0.717) is 15.7 Å². The smallest absolute Gasteiger partial charge is 0.258 e. The molecular formula is C8H7BrN2O2. The molecule has 1 rings (SSSR count). The lowest BCUT2D eigenvalue weighted by atomic mass is 10.2. The van der Waals surface area contributed by atoms with Crippen LogP contribution in [0.4, 0.5) is 5.69 Å². The first kappa shape index (κ1) is 9.85. The summed E-state index contributed by atoms with van der Waals surface area (Å²) in [4.78, 5) is 14.0. The first-order valence-electron chi connectivity index (χ1n) is 3.48. The van der Waals surface area contributed by atoms with E-state index in [0.717, 1.165) is 0 Å². The number of pyridine rings is 1. The zero-order valence-corrected chi connectivity index (χ0v) is 8.54. The number of nitro groups is 1. The number of aromatic nitrogens is 1. The minimum absolute atomic E-state index is 0.0260. The highest BCUT2D eigenvalue weighted by Gasteiger charge is 2.15. The van der Waals surface area contributed by atoms with Crippen LogP contribution >= 0.6 is 15.9 Å². The maximum Gasteiger partial charge on any atom is 0.296 e. The monoisotopic (exact) mass is 242 g/mol. The fourth-order valence-electron chi connectivity index (χ4n) is 0.897. The molecule has 0 saturated heterocycles. The van der Waals surface area contributed by atoms with E-state index < -0.39 is 4.92 Å². The molecule has 0 aromatic carbocycles. The number of nitrogens with zero attached hydrogens (tertiary/aromatic N) is 2. The average Bonchev–Trinajstić information content (AvgIpc) is 2.03. The van der Waals surface area contributed by atoms with Gasteiger partial charge in [-0.25, -0.2) is 4.98 Å². The van der Waals surface area contributed by atoms with Crippen molar-refractivity contribution >= 4 is 27.2 Å². The van der Waals surface area contributed by atoms with Crippen molar-refractivity contribution in [3.63, 3.8) is 0 Å². The molecule has 0 spiro atoms. The Morgan fingerprint density at radius 2 is 2.38 bits per heavy atom. The molecule has 0 amide bonds. The maximum absolute atomic E-state index is 10.6. The Kier molecular flexibility index (Phi) is 2.77. The largest absolute Gasteiger partial charge is 0.296 e. The van der Waals surface area contributed by atoms with Gasteiger partial charge in [0.1, 0.15) is 5.69 Å². The van der Waals surface area contributed by atoms with Crippen LogP contribution in [-0.2, 0) is 0 Å². The zero-order valence-electron chi connectivity index (χ0n) is 6.95. The molecule has 4 nitrogen and oxygen atoms in total. The van der Waals surface area contributed by atoms with Crippen LogP contribution in [0.3, 0.4) is 0 Å². The summed E-state index contributed by atoms with van der Waals surface area (Å²) < 4.78 is 0.587. The van der Waals surface area contributed by atoms with E-state index in [1.165, 1.54) is 12.3 Å². The normalized spacial score (nSPS) is 9.69. The van der Waals surface area contributed by atoms with Crippen LogP contribution < -0.4 is 0 Å². The van der Waals surface area contributed by atoms with Crippen LogP contribution in [0, 0.1) is 10.1 Å². The van der Waals surface area contributed by atoms with Crippen LogP contribution in [-0.4, -0.2) is 9.91 Å². The highest BCUT2D eigenvalue weighted by Crippen LogP contribution is 2.25. The van der Waals surface area contributed by atoms with E-state index in [-0.39, 0.29) is 5.69 Å². The molecule has 68 valence electrons. The molecule has 0 N–H and O–H groups in total. The van der Waals surface area contributed by atoms with Gasteiger partial charge < -0.3 is 0 Å². The summed E-state index contributed by atoms with van der Waals surface area (Å²) in [5, 5.41) is 10.6. The number of hydrogen-bond acceptors (Lipinski definition) is 3. The first-order valence-corrected chi connectivity index (χ1v) is 4.27.